The topological polar surface area (TPSA) is 81.7 Å². The van der Waals surface area contributed by atoms with Gasteiger partial charge in [0.2, 0.25) is 0 Å². The zero-order chi connectivity index (χ0) is 13.1. The zero-order valence-electron chi connectivity index (χ0n) is 9.97. The van der Waals surface area contributed by atoms with Crippen LogP contribution >= 0.6 is 11.5 Å². The molecule has 0 aliphatic rings. The van der Waals surface area contributed by atoms with Gasteiger partial charge in [-0.1, -0.05) is 22.7 Å². The fraction of sp³-hybridized carbons (Fsp3) is 0.0833. The summed E-state index contributed by atoms with van der Waals surface area (Å²) in [6, 6.07) is 11.6. The monoisotopic (exact) mass is 272 g/mol. The lowest BCUT2D eigenvalue weighted by Gasteiger charge is -2.15. The second-order valence-electron chi connectivity index (χ2n) is 3.93. The van der Waals surface area contributed by atoms with E-state index in [1.165, 1.54) is 11.5 Å². The summed E-state index contributed by atoms with van der Waals surface area (Å²) in [7, 11) is 0. The number of nitrogens with zero attached hydrogens (tertiary/aromatic N) is 4. The smallest absolute Gasteiger partial charge is 0.108 e. The molecule has 2 heterocycles. The minimum atomic E-state index is -0.235. The Kier molecular flexibility index (Phi) is 3.32. The molecule has 0 aliphatic heterocycles. The van der Waals surface area contributed by atoms with Crippen LogP contribution in [0.3, 0.4) is 0 Å². The Hall–Kier alpha value is -2.09. The van der Waals surface area contributed by atoms with Crippen LogP contribution in [0.2, 0.25) is 0 Å². The summed E-state index contributed by atoms with van der Waals surface area (Å²) in [6.07, 6.45) is 1.74. The predicted octanol–water partition coefficient (Wildman–Crippen LogP) is 1.28. The third-order valence-electron chi connectivity index (χ3n) is 2.81. The summed E-state index contributed by atoms with van der Waals surface area (Å²) < 4.78 is 5.71. The van der Waals surface area contributed by atoms with Crippen molar-refractivity contribution >= 4 is 11.5 Å². The van der Waals surface area contributed by atoms with E-state index < -0.39 is 0 Å². The molecular weight excluding hydrogens is 260 g/mol. The molecule has 19 heavy (non-hydrogen) atoms. The van der Waals surface area contributed by atoms with Crippen LogP contribution in [0, 0.1) is 0 Å². The molecule has 0 bridgehead atoms. The van der Waals surface area contributed by atoms with E-state index in [0.717, 1.165) is 17.1 Å². The molecule has 0 saturated carbocycles. The Morgan fingerprint density at radius 3 is 2.74 bits per heavy atom. The molecule has 96 valence electrons. The van der Waals surface area contributed by atoms with Gasteiger partial charge in [0.05, 0.1) is 17.1 Å². The Morgan fingerprint density at radius 1 is 1.21 bits per heavy atom. The third kappa shape index (κ3) is 2.26. The van der Waals surface area contributed by atoms with Crippen LogP contribution in [-0.2, 0) is 0 Å². The van der Waals surface area contributed by atoms with E-state index in [9.17, 15) is 0 Å². The number of nitrogens with two attached hydrogens (primary N) is 1. The average molecular weight is 272 g/mol. The molecule has 7 heteroatoms. The van der Waals surface area contributed by atoms with E-state index >= 15 is 0 Å². The first-order valence-corrected chi connectivity index (χ1v) is 6.56. The fourth-order valence-corrected chi connectivity index (χ4v) is 2.42. The highest BCUT2D eigenvalue weighted by Crippen LogP contribution is 2.22. The molecule has 6 nitrogen and oxygen atoms in total. The minimum absolute atomic E-state index is 0.235. The molecule has 0 saturated heterocycles. The van der Waals surface area contributed by atoms with Gasteiger partial charge in [0.1, 0.15) is 6.04 Å². The SMILES string of the molecule is NNC(c1csnn1)c1ccnn1-c1ccccc1. The van der Waals surface area contributed by atoms with Gasteiger partial charge in [-0.2, -0.15) is 5.10 Å². The summed E-state index contributed by atoms with van der Waals surface area (Å²) in [5.41, 5.74) is 5.44. The van der Waals surface area contributed by atoms with E-state index in [4.69, 9.17) is 5.84 Å². The Labute approximate surface area is 114 Å². The number of benzene rings is 1. The van der Waals surface area contributed by atoms with Crippen LogP contribution in [0.25, 0.3) is 5.69 Å². The third-order valence-corrected chi connectivity index (χ3v) is 3.33. The first-order valence-electron chi connectivity index (χ1n) is 5.72. The molecule has 0 amide bonds. The number of nitrogens with one attached hydrogen (secondary N) is 1. The van der Waals surface area contributed by atoms with Gasteiger partial charge in [0.15, 0.2) is 0 Å². The predicted molar refractivity (Wildman–Crippen MR) is 72.6 cm³/mol. The van der Waals surface area contributed by atoms with Gasteiger partial charge in [0.25, 0.3) is 0 Å². The second kappa shape index (κ2) is 5.27. The van der Waals surface area contributed by atoms with Crippen molar-refractivity contribution in [2.45, 2.75) is 6.04 Å². The molecular formula is C12H12N6S. The average Bonchev–Trinajstić information content (AvgIpc) is 3.12. The molecule has 0 spiro atoms. The number of hydrogen-bond donors (Lipinski definition) is 2. The van der Waals surface area contributed by atoms with Gasteiger partial charge in [-0.25, -0.2) is 10.1 Å². The lowest BCUT2D eigenvalue weighted by atomic mass is 10.1. The summed E-state index contributed by atoms with van der Waals surface area (Å²) >= 11 is 1.30. The summed E-state index contributed by atoms with van der Waals surface area (Å²) in [6.45, 7) is 0. The number of hydrazine groups is 1. The summed E-state index contributed by atoms with van der Waals surface area (Å²) in [5, 5.41) is 10.3. The second-order valence-corrected chi connectivity index (χ2v) is 4.54. The lowest BCUT2D eigenvalue weighted by molar-refractivity contribution is 0.582. The molecule has 3 aromatic rings. The van der Waals surface area contributed by atoms with Crippen LogP contribution in [-0.4, -0.2) is 19.4 Å². The van der Waals surface area contributed by atoms with Gasteiger partial charge in [-0.3, -0.25) is 5.84 Å². The maximum atomic E-state index is 5.65. The van der Waals surface area contributed by atoms with Gasteiger partial charge in [0, 0.05) is 11.6 Å². The molecule has 0 radical (unpaired) electrons. The molecule has 0 aliphatic carbocycles. The molecule has 1 unspecified atom stereocenters. The largest absolute Gasteiger partial charge is 0.270 e. The molecule has 3 N–H and O–H groups in total. The molecule has 3 rings (SSSR count). The van der Waals surface area contributed by atoms with Crippen LogP contribution in [0.15, 0.2) is 48.0 Å². The van der Waals surface area contributed by atoms with Crippen molar-refractivity contribution in [1.82, 2.24) is 24.8 Å². The highest BCUT2D eigenvalue weighted by molar-refractivity contribution is 7.03. The van der Waals surface area contributed by atoms with Crippen molar-refractivity contribution in [3.63, 3.8) is 0 Å². The van der Waals surface area contributed by atoms with Gasteiger partial charge < -0.3 is 0 Å². The van der Waals surface area contributed by atoms with Crippen molar-refractivity contribution in [2.75, 3.05) is 0 Å². The quantitative estimate of drug-likeness (QED) is 0.552. The Bertz CT molecular complexity index is 633. The van der Waals surface area contributed by atoms with Gasteiger partial charge in [-0.05, 0) is 29.7 Å². The normalized spacial score (nSPS) is 12.5. The molecule has 2 aromatic heterocycles. The lowest BCUT2D eigenvalue weighted by Crippen LogP contribution is -2.30. The number of para-hydroxylation sites is 1. The van der Waals surface area contributed by atoms with E-state index in [2.05, 4.69) is 20.1 Å². The molecule has 1 atom stereocenters. The first-order chi connectivity index (χ1) is 9.40. The zero-order valence-corrected chi connectivity index (χ0v) is 10.8. The molecule has 0 fully saturated rings. The highest BCUT2D eigenvalue weighted by atomic mass is 32.1. The van der Waals surface area contributed by atoms with Gasteiger partial charge >= 0.3 is 0 Å². The standard InChI is InChI=1S/C12H12N6S/c13-15-12(10-8-19-17-16-10)11-6-7-14-18(11)9-4-2-1-3-5-9/h1-8,12,15H,13H2. The van der Waals surface area contributed by atoms with Crippen molar-refractivity contribution in [3.05, 3.63) is 59.4 Å². The first kappa shape index (κ1) is 12.0. The number of aromatic nitrogens is 4. The maximum absolute atomic E-state index is 5.65. The number of rotatable bonds is 4. The van der Waals surface area contributed by atoms with Crippen LogP contribution in [0.1, 0.15) is 17.4 Å². The molecule has 1 aromatic carbocycles. The van der Waals surface area contributed by atoms with Crippen molar-refractivity contribution < 1.29 is 0 Å². The minimum Gasteiger partial charge on any atom is -0.270 e. The van der Waals surface area contributed by atoms with Crippen molar-refractivity contribution in [1.29, 1.82) is 0 Å². The van der Waals surface area contributed by atoms with Crippen LogP contribution in [0.4, 0.5) is 0 Å². The summed E-state index contributed by atoms with van der Waals surface area (Å²) in [4.78, 5) is 0. The van der Waals surface area contributed by atoms with E-state index in [1.54, 1.807) is 6.20 Å². The fourth-order valence-electron chi connectivity index (χ4n) is 1.94. The van der Waals surface area contributed by atoms with E-state index in [0.29, 0.717) is 0 Å². The van der Waals surface area contributed by atoms with E-state index in [1.807, 2.05) is 46.5 Å². The Balaban J connectivity index is 2.04. The van der Waals surface area contributed by atoms with Crippen LogP contribution in [0.5, 0.6) is 0 Å². The number of hydrogen-bond acceptors (Lipinski definition) is 6. The Morgan fingerprint density at radius 2 is 2.05 bits per heavy atom. The van der Waals surface area contributed by atoms with Crippen molar-refractivity contribution in [3.8, 4) is 5.69 Å². The van der Waals surface area contributed by atoms with Crippen molar-refractivity contribution in [2.24, 2.45) is 5.84 Å². The van der Waals surface area contributed by atoms with Crippen LogP contribution < -0.4 is 11.3 Å². The summed E-state index contributed by atoms with van der Waals surface area (Å²) in [5.74, 6) is 5.65. The highest BCUT2D eigenvalue weighted by Gasteiger charge is 2.20. The van der Waals surface area contributed by atoms with E-state index in [-0.39, 0.29) is 6.04 Å². The maximum Gasteiger partial charge on any atom is 0.108 e. The van der Waals surface area contributed by atoms with Gasteiger partial charge in [-0.15, -0.1) is 5.10 Å².